The lowest BCUT2D eigenvalue weighted by molar-refractivity contribution is -0.501. The summed E-state index contributed by atoms with van der Waals surface area (Å²) in [4.78, 5) is 39.0. The maximum absolute atomic E-state index is 15.1. The number of nitrogens with zero attached hydrogens (tertiary/aromatic N) is 3. The summed E-state index contributed by atoms with van der Waals surface area (Å²) in [6.45, 7) is 4.37. The number of urea groups is 1. The number of allylic oxidation sites excluding steroid dienone is 2. The van der Waals surface area contributed by atoms with Gasteiger partial charge in [0.25, 0.3) is 0 Å². The van der Waals surface area contributed by atoms with Gasteiger partial charge in [-0.3, -0.25) is 0 Å². The number of halogens is 1. The Morgan fingerprint density at radius 3 is 2.71 bits per heavy atom. The van der Waals surface area contributed by atoms with Gasteiger partial charge in [0.1, 0.15) is 11.6 Å². The maximum atomic E-state index is 15.1. The van der Waals surface area contributed by atoms with E-state index in [1.54, 1.807) is 13.8 Å². The number of carbonyl (C=O) groups excluding carboxylic acids is 3. The Bertz CT molecular complexity index is 1260. The molecule has 0 saturated heterocycles. The van der Waals surface area contributed by atoms with Gasteiger partial charge in [-0.05, 0) is 51.8 Å². The van der Waals surface area contributed by atoms with Crippen LogP contribution in [-0.4, -0.2) is 65.1 Å². The van der Waals surface area contributed by atoms with Crippen molar-refractivity contribution in [2.45, 2.75) is 52.0 Å². The van der Waals surface area contributed by atoms with E-state index in [-0.39, 0.29) is 29.5 Å². The lowest BCUT2D eigenvalue weighted by atomic mass is 9.94. The fraction of sp³-hybridized carbons (Fsp3) is 0.476. The summed E-state index contributed by atoms with van der Waals surface area (Å²) in [5.41, 5.74) is -0.225. The van der Waals surface area contributed by atoms with Gasteiger partial charge in [0.2, 0.25) is 10.0 Å². The van der Waals surface area contributed by atoms with Gasteiger partial charge >= 0.3 is 24.2 Å². The van der Waals surface area contributed by atoms with Gasteiger partial charge in [-0.15, -0.1) is 0 Å². The molecule has 34 heavy (non-hydrogen) atoms. The number of aryl methyl sites for hydroxylation is 1. The van der Waals surface area contributed by atoms with Crippen molar-refractivity contribution in [2.75, 3.05) is 6.61 Å². The van der Waals surface area contributed by atoms with Gasteiger partial charge in [-0.2, -0.15) is 18.7 Å². The molecule has 2 atom stereocenters. The molecule has 4 rings (SSSR count). The average molecular weight is 496 g/mol. The van der Waals surface area contributed by atoms with Crippen molar-refractivity contribution >= 4 is 33.6 Å². The molecule has 1 aromatic rings. The zero-order valence-electron chi connectivity index (χ0n) is 18.8. The second-order valence-electron chi connectivity index (χ2n) is 8.57. The van der Waals surface area contributed by atoms with Crippen molar-refractivity contribution in [2.24, 2.45) is 5.92 Å². The zero-order valence-corrected chi connectivity index (χ0v) is 19.6. The normalized spacial score (nSPS) is 22.4. The Hall–Kier alpha value is -3.19. The van der Waals surface area contributed by atoms with E-state index in [2.05, 4.69) is 9.88 Å². The van der Waals surface area contributed by atoms with Crippen LogP contribution in [0.3, 0.4) is 0 Å². The lowest BCUT2D eigenvalue weighted by Crippen LogP contribution is -2.57. The van der Waals surface area contributed by atoms with Crippen LogP contribution in [0.25, 0.3) is 0 Å². The number of esters is 1. The minimum absolute atomic E-state index is 0.122. The second-order valence-corrected chi connectivity index (χ2v) is 10.3. The number of alkyl halides is 1. The first-order valence-corrected chi connectivity index (χ1v) is 12.1. The monoisotopic (exact) mass is 495 g/mol. The highest BCUT2D eigenvalue weighted by Crippen LogP contribution is 2.36. The number of imide groups is 1. The second kappa shape index (κ2) is 8.55. The summed E-state index contributed by atoms with van der Waals surface area (Å²) in [5, 5.41) is 3.70. The predicted octanol–water partition coefficient (Wildman–Crippen LogP) is 1.30. The Morgan fingerprint density at radius 1 is 1.41 bits per heavy atom. The van der Waals surface area contributed by atoms with Gasteiger partial charge in [0.15, 0.2) is 12.3 Å². The van der Waals surface area contributed by atoms with Crippen LogP contribution in [0.5, 0.6) is 0 Å². The van der Waals surface area contributed by atoms with E-state index < -0.39 is 45.7 Å². The van der Waals surface area contributed by atoms with Crippen molar-refractivity contribution in [3.63, 3.8) is 0 Å². The number of sulfonamides is 1. The Morgan fingerprint density at radius 2 is 2.12 bits per heavy atom. The zero-order chi connectivity index (χ0) is 24.8. The van der Waals surface area contributed by atoms with Crippen molar-refractivity contribution < 1.29 is 41.0 Å². The number of fused-ring (bicyclic) bond motifs is 1. The van der Waals surface area contributed by atoms with E-state index in [0.29, 0.717) is 28.0 Å². The number of rotatable bonds is 8. The molecule has 11 nitrogen and oxygen atoms in total. The number of amides is 3. The molecular formula is C21H24FN4O7S+. The smallest absolute Gasteiger partial charge is 0.461 e. The fourth-order valence-electron chi connectivity index (χ4n) is 3.70. The molecule has 2 unspecified atom stereocenters. The lowest BCUT2D eigenvalue weighted by Gasteiger charge is -2.28. The molecule has 3 aliphatic rings. The summed E-state index contributed by atoms with van der Waals surface area (Å²) in [6, 6.07) is 0.383. The molecule has 0 aromatic carbocycles. The van der Waals surface area contributed by atoms with Crippen molar-refractivity contribution in [3.05, 3.63) is 40.7 Å². The highest BCUT2D eigenvalue weighted by atomic mass is 32.2. The van der Waals surface area contributed by atoms with Crippen molar-refractivity contribution in [3.8, 4) is 0 Å². The molecular weight excluding hydrogens is 471 g/mol. The van der Waals surface area contributed by atoms with Gasteiger partial charge in [-0.25, -0.2) is 22.7 Å². The van der Waals surface area contributed by atoms with E-state index in [1.807, 2.05) is 0 Å². The van der Waals surface area contributed by atoms with E-state index in [0.717, 1.165) is 12.2 Å². The van der Waals surface area contributed by atoms with Crippen LogP contribution in [0, 0.1) is 12.8 Å². The number of nitrogens with one attached hydrogen (secondary N) is 1. The van der Waals surface area contributed by atoms with Crippen LogP contribution in [0.2, 0.25) is 0 Å². The molecule has 1 aliphatic heterocycles. The quantitative estimate of drug-likeness (QED) is 0.323. The maximum Gasteiger partial charge on any atom is 0.504 e. The van der Waals surface area contributed by atoms with Gasteiger partial charge in [0, 0.05) is 11.6 Å². The molecule has 3 amide bonds. The molecule has 0 bridgehead atoms. The molecule has 1 aromatic heterocycles. The minimum atomic E-state index is -3.98. The molecule has 2 heterocycles. The third kappa shape index (κ3) is 4.44. The molecule has 13 heteroatoms. The molecule has 2 aliphatic carbocycles. The summed E-state index contributed by atoms with van der Waals surface area (Å²) >= 11 is 0. The van der Waals surface area contributed by atoms with Crippen LogP contribution in [-0.2, 0) is 30.9 Å². The molecule has 0 spiro atoms. The Balaban J connectivity index is 1.76. The number of carbonyl (C=O) groups is 3. The van der Waals surface area contributed by atoms with Gasteiger partial charge < -0.3 is 9.26 Å². The van der Waals surface area contributed by atoms with E-state index in [9.17, 15) is 22.8 Å². The number of hydrogen-bond donors (Lipinski definition) is 1. The first-order valence-electron chi connectivity index (χ1n) is 10.6. The number of hydrogen-bond acceptors (Lipinski definition) is 8. The van der Waals surface area contributed by atoms with Gasteiger partial charge in [0.05, 0.1) is 17.2 Å². The Labute approximate surface area is 195 Å². The third-order valence-corrected chi connectivity index (χ3v) is 7.36. The van der Waals surface area contributed by atoms with Crippen molar-refractivity contribution in [1.82, 2.24) is 14.8 Å². The highest BCUT2D eigenvalue weighted by Gasteiger charge is 2.52. The highest BCUT2D eigenvalue weighted by molar-refractivity contribution is 7.93. The topological polar surface area (TPSA) is 139 Å². The van der Waals surface area contributed by atoms with E-state index >= 15 is 4.39 Å². The molecule has 1 N–H and O–H groups in total. The average Bonchev–Trinajstić information content (AvgIpc) is 3.34. The van der Waals surface area contributed by atoms with Crippen LogP contribution in [0.1, 0.15) is 38.1 Å². The van der Waals surface area contributed by atoms with Crippen LogP contribution < -0.4 is 4.72 Å². The number of aromatic nitrogens is 1. The van der Waals surface area contributed by atoms with Crippen LogP contribution >= 0.6 is 0 Å². The summed E-state index contributed by atoms with van der Waals surface area (Å²) in [5.74, 6) is -3.29. The summed E-state index contributed by atoms with van der Waals surface area (Å²) < 4.78 is 53.7. The molecule has 0 radical (unpaired) electrons. The molecule has 182 valence electrons. The molecule has 1 fully saturated rings. The SMILES string of the molecule is CCOC(=O)C(F)[N+]1=C2C=CC(S(=O)(=O)NC3(C)CC3)=CC2C(=O)N(Cc2cc(C)no2)C1=O. The fourth-order valence-corrected chi connectivity index (χ4v) is 5.23. The van der Waals surface area contributed by atoms with Crippen LogP contribution in [0.4, 0.5) is 9.18 Å². The largest absolute Gasteiger partial charge is 0.504 e. The predicted molar refractivity (Wildman–Crippen MR) is 114 cm³/mol. The van der Waals surface area contributed by atoms with E-state index in [1.165, 1.54) is 19.1 Å². The minimum Gasteiger partial charge on any atom is -0.461 e. The van der Waals surface area contributed by atoms with Crippen molar-refractivity contribution in [1.29, 1.82) is 0 Å². The van der Waals surface area contributed by atoms with Gasteiger partial charge in [-0.1, -0.05) is 5.16 Å². The Kier molecular flexibility index (Phi) is 6.02. The number of ether oxygens (including phenoxy) is 1. The standard InChI is InChI=1S/C21H24FN4O7S/c1-4-32-19(28)17(22)26-16-6-5-14(34(30,31)24-21(3)7-8-21)10-15(16)18(27)25(20(26)29)11-13-9-12(2)23-33-13/h5-6,9-10,15,17,24H,4,7-8,11H2,1-3H3/q+1. The van der Waals surface area contributed by atoms with Crippen LogP contribution in [0.15, 0.2) is 33.7 Å². The van der Waals surface area contributed by atoms with E-state index in [4.69, 9.17) is 9.26 Å². The first kappa shape index (κ1) is 24.0. The first-order chi connectivity index (χ1) is 16.0. The summed E-state index contributed by atoms with van der Waals surface area (Å²) in [6.07, 6.45) is 2.28. The summed E-state index contributed by atoms with van der Waals surface area (Å²) in [7, 11) is -3.98. The molecule has 1 saturated carbocycles. The third-order valence-electron chi connectivity index (χ3n) is 5.70.